The molecule has 2 aromatic carbocycles. The Morgan fingerprint density at radius 1 is 1.11 bits per heavy atom. The third-order valence-corrected chi connectivity index (χ3v) is 3.54. The van der Waals surface area contributed by atoms with Crippen molar-refractivity contribution in [2.24, 2.45) is 0 Å². The van der Waals surface area contributed by atoms with E-state index in [-0.39, 0.29) is 5.82 Å². The van der Waals surface area contributed by atoms with Gasteiger partial charge in [-0.1, -0.05) is 29.8 Å². The molecule has 2 rings (SSSR count). The van der Waals surface area contributed by atoms with Crippen molar-refractivity contribution < 1.29 is 9.50 Å². The zero-order chi connectivity index (χ0) is 13.3. The maximum atomic E-state index is 13.1. The Labute approximate surface area is 111 Å². The number of rotatable bonds is 2. The highest BCUT2D eigenvalue weighted by molar-refractivity contribution is 6.31. The molecule has 2 aromatic rings. The van der Waals surface area contributed by atoms with Crippen LogP contribution in [0, 0.1) is 19.7 Å². The second-order valence-corrected chi connectivity index (χ2v) is 4.76. The monoisotopic (exact) mass is 264 g/mol. The molecule has 1 nitrogen and oxygen atoms in total. The van der Waals surface area contributed by atoms with Crippen LogP contribution in [0.15, 0.2) is 36.4 Å². The lowest BCUT2D eigenvalue weighted by Crippen LogP contribution is -2.04. The van der Waals surface area contributed by atoms with E-state index < -0.39 is 6.10 Å². The fourth-order valence-electron chi connectivity index (χ4n) is 2.03. The average molecular weight is 265 g/mol. The number of aliphatic hydroxyl groups excluding tert-OH is 1. The van der Waals surface area contributed by atoms with E-state index in [2.05, 4.69) is 0 Å². The second-order valence-electron chi connectivity index (χ2n) is 4.36. The van der Waals surface area contributed by atoms with Crippen LogP contribution in [0.25, 0.3) is 0 Å². The molecular weight excluding hydrogens is 251 g/mol. The lowest BCUT2D eigenvalue weighted by molar-refractivity contribution is 0.218. The van der Waals surface area contributed by atoms with Crippen LogP contribution in [0.2, 0.25) is 5.02 Å². The molecule has 0 bridgehead atoms. The van der Waals surface area contributed by atoms with Crippen LogP contribution in [0.4, 0.5) is 4.39 Å². The number of aryl methyl sites for hydroxylation is 1. The molecule has 0 radical (unpaired) electrons. The quantitative estimate of drug-likeness (QED) is 0.863. The van der Waals surface area contributed by atoms with Gasteiger partial charge in [-0.05, 0) is 54.3 Å². The normalized spacial score (nSPS) is 12.5. The van der Waals surface area contributed by atoms with Gasteiger partial charge in [-0.25, -0.2) is 4.39 Å². The number of hydrogen-bond donors (Lipinski definition) is 1. The van der Waals surface area contributed by atoms with Gasteiger partial charge in [0, 0.05) is 5.02 Å². The first kappa shape index (κ1) is 13.1. The molecule has 0 aromatic heterocycles. The highest BCUT2D eigenvalue weighted by Crippen LogP contribution is 2.30. The van der Waals surface area contributed by atoms with Crippen molar-refractivity contribution in [2.45, 2.75) is 20.0 Å². The largest absolute Gasteiger partial charge is 0.384 e. The van der Waals surface area contributed by atoms with Crippen molar-refractivity contribution in [3.8, 4) is 0 Å². The van der Waals surface area contributed by atoms with Gasteiger partial charge in [-0.3, -0.25) is 0 Å². The van der Waals surface area contributed by atoms with Gasteiger partial charge >= 0.3 is 0 Å². The number of benzene rings is 2. The molecule has 0 aliphatic heterocycles. The SMILES string of the molecule is Cc1cc(F)ccc1C(O)c1cccc(Cl)c1C. The minimum absolute atomic E-state index is 0.300. The standard InChI is InChI=1S/C15H14ClFO/c1-9-8-11(17)6-7-12(9)15(18)13-4-3-5-14(16)10(13)2/h3-8,15,18H,1-2H3. The predicted octanol–water partition coefficient (Wildman–Crippen LogP) is 4.18. The Balaban J connectivity index is 2.48. The van der Waals surface area contributed by atoms with E-state index in [4.69, 9.17) is 11.6 Å². The molecule has 1 N–H and O–H groups in total. The summed E-state index contributed by atoms with van der Waals surface area (Å²) in [5.41, 5.74) is 3.01. The van der Waals surface area contributed by atoms with Crippen LogP contribution >= 0.6 is 11.6 Å². The molecule has 1 unspecified atom stereocenters. The van der Waals surface area contributed by atoms with E-state index in [1.54, 1.807) is 25.1 Å². The Kier molecular flexibility index (Phi) is 3.69. The van der Waals surface area contributed by atoms with Gasteiger partial charge in [0.05, 0.1) is 0 Å². The fourth-order valence-corrected chi connectivity index (χ4v) is 2.22. The van der Waals surface area contributed by atoms with Crippen molar-refractivity contribution in [3.05, 3.63) is 69.5 Å². The van der Waals surface area contributed by atoms with Gasteiger partial charge in [0.2, 0.25) is 0 Å². The van der Waals surface area contributed by atoms with Gasteiger partial charge in [0.25, 0.3) is 0 Å². The van der Waals surface area contributed by atoms with Crippen LogP contribution in [0.5, 0.6) is 0 Å². The maximum Gasteiger partial charge on any atom is 0.123 e. The second kappa shape index (κ2) is 5.09. The maximum absolute atomic E-state index is 13.1. The van der Waals surface area contributed by atoms with E-state index in [0.717, 1.165) is 16.7 Å². The van der Waals surface area contributed by atoms with Crippen LogP contribution in [-0.2, 0) is 0 Å². The first-order valence-corrected chi connectivity index (χ1v) is 6.07. The third kappa shape index (κ3) is 2.40. The molecule has 94 valence electrons. The molecule has 3 heteroatoms. The summed E-state index contributed by atoms with van der Waals surface area (Å²) in [6, 6.07) is 9.78. The van der Waals surface area contributed by atoms with E-state index in [1.165, 1.54) is 12.1 Å². The molecule has 0 aliphatic carbocycles. The summed E-state index contributed by atoms with van der Waals surface area (Å²) >= 11 is 6.04. The Hall–Kier alpha value is -1.38. The zero-order valence-electron chi connectivity index (χ0n) is 10.2. The Bertz CT molecular complexity index is 581. The summed E-state index contributed by atoms with van der Waals surface area (Å²) in [5.74, 6) is -0.300. The summed E-state index contributed by atoms with van der Waals surface area (Å²) in [4.78, 5) is 0. The van der Waals surface area contributed by atoms with Gasteiger partial charge in [-0.15, -0.1) is 0 Å². The molecule has 0 spiro atoms. The first-order chi connectivity index (χ1) is 8.50. The lowest BCUT2D eigenvalue weighted by Gasteiger charge is -2.17. The van der Waals surface area contributed by atoms with Crippen molar-refractivity contribution in [1.82, 2.24) is 0 Å². The molecule has 0 fully saturated rings. The van der Waals surface area contributed by atoms with Crippen molar-refractivity contribution >= 4 is 11.6 Å². The van der Waals surface area contributed by atoms with Gasteiger partial charge in [0.1, 0.15) is 11.9 Å². The van der Waals surface area contributed by atoms with E-state index in [1.807, 2.05) is 13.0 Å². The third-order valence-electron chi connectivity index (χ3n) is 3.13. The van der Waals surface area contributed by atoms with Gasteiger partial charge in [-0.2, -0.15) is 0 Å². The van der Waals surface area contributed by atoms with Crippen LogP contribution < -0.4 is 0 Å². The van der Waals surface area contributed by atoms with Crippen LogP contribution in [-0.4, -0.2) is 5.11 Å². The minimum atomic E-state index is -0.788. The Morgan fingerprint density at radius 2 is 1.83 bits per heavy atom. The van der Waals surface area contributed by atoms with Crippen molar-refractivity contribution in [2.75, 3.05) is 0 Å². The topological polar surface area (TPSA) is 20.2 Å². The smallest absolute Gasteiger partial charge is 0.123 e. The highest BCUT2D eigenvalue weighted by atomic mass is 35.5. The van der Waals surface area contributed by atoms with Crippen LogP contribution in [0.1, 0.15) is 28.4 Å². The summed E-state index contributed by atoms with van der Waals surface area (Å²) in [7, 11) is 0. The molecular formula is C15H14ClFO. The number of hydrogen-bond acceptors (Lipinski definition) is 1. The van der Waals surface area contributed by atoms with Crippen LogP contribution in [0.3, 0.4) is 0 Å². The molecule has 0 saturated heterocycles. The van der Waals surface area contributed by atoms with Crippen molar-refractivity contribution in [1.29, 1.82) is 0 Å². The average Bonchev–Trinajstić information content (AvgIpc) is 2.32. The summed E-state index contributed by atoms with van der Waals surface area (Å²) in [6.45, 7) is 3.64. The molecule has 0 amide bonds. The molecule has 18 heavy (non-hydrogen) atoms. The van der Waals surface area contributed by atoms with Gasteiger partial charge < -0.3 is 5.11 Å². The fraction of sp³-hybridized carbons (Fsp3) is 0.200. The predicted molar refractivity (Wildman–Crippen MR) is 71.4 cm³/mol. The van der Waals surface area contributed by atoms with E-state index in [9.17, 15) is 9.50 Å². The molecule has 0 aliphatic rings. The zero-order valence-corrected chi connectivity index (χ0v) is 11.0. The summed E-state index contributed by atoms with van der Waals surface area (Å²) < 4.78 is 13.1. The first-order valence-electron chi connectivity index (χ1n) is 5.70. The summed E-state index contributed by atoms with van der Waals surface area (Å²) in [5, 5.41) is 11.0. The van der Waals surface area contributed by atoms with Crippen molar-refractivity contribution in [3.63, 3.8) is 0 Å². The van der Waals surface area contributed by atoms with Gasteiger partial charge in [0.15, 0.2) is 0 Å². The molecule has 1 atom stereocenters. The van der Waals surface area contributed by atoms with E-state index >= 15 is 0 Å². The molecule has 0 saturated carbocycles. The highest BCUT2D eigenvalue weighted by Gasteiger charge is 2.16. The number of halogens is 2. The number of aliphatic hydroxyl groups is 1. The lowest BCUT2D eigenvalue weighted by atomic mass is 9.94. The Morgan fingerprint density at radius 3 is 2.50 bits per heavy atom. The minimum Gasteiger partial charge on any atom is -0.384 e. The van der Waals surface area contributed by atoms with E-state index in [0.29, 0.717) is 10.6 Å². The molecule has 0 heterocycles. The summed E-state index contributed by atoms with van der Waals surface area (Å²) in [6.07, 6.45) is -0.788.